The number of nitrogens with zero attached hydrogens (tertiary/aromatic N) is 2. The Balaban J connectivity index is 1.73. The molecular formula is C19H16F3N3O. The number of anilines is 1. The van der Waals surface area contributed by atoms with Gasteiger partial charge in [-0.2, -0.15) is 5.10 Å². The Labute approximate surface area is 148 Å². The predicted octanol–water partition coefficient (Wildman–Crippen LogP) is 4.71. The maximum atomic E-state index is 12.3. The molecule has 1 aromatic heterocycles. The van der Waals surface area contributed by atoms with Gasteiger partial charge in [-0.25, -0.2) is 4.68 Å². The predicted molar refractivity (Wildman–Crippen MR) is 92.6 cm³/mol. The molecule has 1 N–H and O–H groups in total. The van der Waals surface area contributed by atoms with E-state index in [2.05, 4.69) is 16.1 Å². The van der Waals surface area contributed by atoms with E-state index in [4.69, 9.17) is 5.10 Å². The molecule has 3 aromatic rings. The van der Waals surface area contributed by atoms with Crippen LogP contribution in [0.3, 0.4) is 0 Å². The van der Waals surface area contributed by atoms with E-state index >= 15 is 0 Å². The van der Waals surface area contributed by atoms with E-state index < -0.39 is 6.36 Å². The fraction of sp³-hybridized carbons (Fsp3) is 0.211. The van der Waals surface area contributed by atoms with Crippen molar-refractivity contribution >= 4 is 5.82 Å². The number of benzene rings is 2. The Kier molecular flexibility index (Phi) is 3.86. The molecule has 7 heteroatoms. The van der Waals surface area contributed by atoms with Crippen molar-refractivity contribution in [3.8, 4) is 22.7 Å². The third kappa shape index (κ3) is 3.12. The molecule has 2 heterocycles. The standard InChI is InChI=1S/C19H16F3N3O/c1-12-3-2-4-13(11-12)17-16-9-10-23-18(16)25(24-17)14-5-7-15(8-6-14)26-19(20,21)22/h2-8,11,23H,9-10H2,1H3. The van der Waals surface area contributed by atoms with Gasteiger partial charge in [0, 0.05) is 17.7 Å². The van der Waals surface area contributed by atoms with Crippen molar-refractivity contribution in [2.45, 2.75) is 19.7 Å². The minimum absolute atomic E-state index is 0.253. The molecule has 0 radical (unpaired) electrons. The van der Waals surface area contributed by atoms with Crippen LogP contribution >= 0.6 is 0 Å². The summed E-state index contributed by atoms with van der Waals surface area (Å²) in [6, 6.07) is 13.8. The number of rotatable bonds is 3. The van der Waals surface area contributed by atoms with Gasteiger partial charge in [-0.05, 0) is 43.7 Å². The smallest absolute Gasteiger partial charge is 0.406 e. The third-order valence-electron chi connectivity index (χ3n) is 4.26. The number of alkyl halides is 3. The zero-order chi connectivity index (χ0) is 18.3. The molecule has 0 saturated carbocycles. The number of hydrogen-bond acceptors (Lipinski definition) is 3. The van der Waals surface area contributed by atoms with Crippen molar-refractivity contribution in [2.75, 3.05) is 11.9 Å². The Morgan fingerprint density at radius 2 is 1.88 bits per heavy atom. The zero-order valence-electron chi connectivity index (χ0n) is 14.0. The fourth-order valence-corrected chi connectivity index (χ4v) is 3.17. The number of aromatic nitrogens is 2. The fourth-order valence-electron chi connectivity index (χ4n) is 3.17. The maximum Gasteiger partial charge on any atom is 0.573 e. The van der Waals surface area contributed by atoms with Crippen LogP contribution in [0.15, 0.2) is 48.5 Å². The topological polar surface area (TPSA) is 39.1 Å². The number of fused-ring (bicyclic) bond motifs is 1. The summed E-state index contributed by atoms with van der Waals surface area (Å²) in [7, 11) is 0. The molecule has 0 bridgehead atoms. The van der Waals surface area contributed by atoms with Crippen LogP contribution in [0.25, 0.3) is 16.9 Å². The third-order valence-corrected chi connectivity index (χ3v) is 4.26. The molecule has 4 nitrogen and oxygen atoms in total. The molecule has 0 amide bonds. The van der Waals surface area contributed by atoms with E-state index in [0.29, 0.717) is 5.69 Å². The van der Waals surface area contributed by atoms with Crippen molar-refractivity contribution < 1.29 is 17.9 Å². The largest absolute Gasteiger partial charge is 0.573 e. The van der Waals surface area contributed by atoms with Crippen molar-refractivity contribution in [3.63, 3.8) is 0 Å². The molecule has 0 saturated heterocycles. The number of halogens is 3. The highest BCUT2D eigenvalue weighted by Crippen LogP contribution is 2.35. The molecule has 134 valence electrons. The second kappa shape index (κ2) is 6.09. The normalized spacial score (nSPS) is 13.4. The van der Waals surface area contributed by atoms with Gasteiger partial charge >= 0.3 is 6.36 Å². The van der Waals surface area contributed by atoms with Crippen molar-refractivity contribution in [2.24, 2.45) is 0 Å². The van der Waals surface area contributed by atoms with Crippen LogP contribution in [-0.4, -0.2) is 22.7 Å². The van der Waals surface area contributed by atoms with Gasteiger partial charge in [0.2, 0.25) is 0 Å². The van der Waals surface area contributed by atoms with E-state index in [1.807, 2.05) is 25.1 Å². The summed E-state index contributed by atoms with van der Waals surface area (Å²) in [5.74, 6) is 0.628. The van der Waals surface area contributed by atoms with Crippen molar-refractivity contribution in [3.05, 3.63) is 59.7 Å². The highest BCUT2D eigenvalue weighted by molar-refractivity contribution is 5.73. The van der Waals surface area contributed by atoms with E-state index in [1.165, 1.54) is 12.1 Å². The zero-order valence-corrected chi connectivity index (χ0v) is 14.0. The first-order valence-electron chi connectivity index (χ1n) is 8.20. The molecule has 2 aromatic carbocycles. The first-order valence-corrected chi connectivity index (χ1v) is 8.20. The molecule has 4 rings (SSSR count). The Morgan fingerprint density at radius 1 is 1.12 bits per heavy atom. The summed E-state index contributed by atoms with van der Waals surface area (Å²) in [6.45, 7) is 2.83. The van der Waals surface area contributed by atoms with Crippen LogP contribution < -0.4 is 10.1 Å². The first-order chi connectivity index (χ1) is 12.4. The Bertz CT molecular complexity index is 946. The number of nitrogens with one attached hydrogen (secondary N) is 1. The lowest BCUT2D eigenvalue weighted by Crippen LogP contribution is -2.17. The molecule has 0 fully saturated rings. The highest BCUT2D eigenvalue weighted by Gasteiger charge is 2.31. The number of aryl methyl sites for hydroxylation is 1. The summed E-state index contributed by atoms with van der Waals surface area (Å²) in [5, 5.41) is 8.02. The van der Waals surface area contributed by atoms with E-state index in [9.17, 15) is 13.2 Å². The minimum Gasteiger partial charge on any atom is -0.406 e. The molecule has 0 unspecified atom stereocenters. The molecular weight excluding hydrogens is 343 g/mol. The van der Waals surface area contributed by atoms with E-state index in [0.717, 1.165) is 41.2 Å². The van der Waals surface area contributed by atoms with Crippen LogP contribution in [0.5, 0.6) is 5.75 Å². The summed E-state index contributed by atoms with van der Waals surface area (Å²) in [4.78, 5) is 0. The average molecular weight is 359 g/mol. The Morgan fingerprint density at radius 3 is 2.58 bits per heavy atom. The Hall–Kier alpha value is -2.96. The SMILES string of the molecule is Cc1cccc(-c2nn(-c3ccc(OC(F)(F)F)cc3)c3c2CCN3)c1. The second-order valence-corrected chi connectivity index (χ2v) is 6.18. The van der Waals surface area contributed by atoms with Gasteiger partial charge < -0.3 is 10.1 Å². The van der Waals surface area contributed by atoms with Crippen LogP contribution in [0, 0.1) is 6.92 Å². The number of hydrogen-bond donors (Lipinski definition) is 1. The minimum atomic E-state index is -4.70. The van der Waals surface area contributed by atoms with Gasteiger partial charge in [-0.1, -0.05) is 23.8 Å². The molecule has 0 atom stereocenters. The van der Waals surface area contributed by atoms with Gasteiger partial charge in [0.15, 0.2) is 0 Å². The molecule has 1 aliphatic heterocycles. The van der Waals surface area contributed by atoms with Gasteiger partial charge in [0.05, 0.1) is 11.4 Å². The quantitative estimate of drug-likeness (QED) is 0.736. The van der Waals surface area contributed by atoms with E-state index in [1.54, 1.807) is 16.8 Å². The first kappa shape index (κ1) is 16.5. The van der Waals surface area contributed by atoms with Crippen molar-refractivity contribution in [1.82, 2.24) is 9.78 Å². The summed E-state index contributed by atoms with van der Waals surface area (Å²) in [5.41, 5.74) is 4.85. The molecule has 0 spiro atoms. The van der Waals surface area contributed by atoms with Crippen LogP contribution in [-0.2, 0) is 6.42 Å². The lowest BCUT2D eigenvalue weighted by atomic mass is 10.0. The monoisotopic (exact) mass is 359 g/mol. The van der Waals surface area contributed by atoms with Gasteiger partial charge in [0.1, 0.15) is 11.6 Å². The van der Waals surface area contributed by atoms with Gasteiger partial charge in [-0.3, -0.25) is 0 Å². The lowest BCUT2D eigenvalue weighted by Gasteiger charge is -2.10. The summed E-state index contributed by atoms with van der Waals surface area (Å²) in [6.07, 6.45) is -3.85. The highest BCUT2D eigenvalue weighted by atomic mass is 19.4. The summed E-state index contributed by atoms with van der Waals surface area (Å²) >= 11 is 0. The van der Waals surface area contributed by atoms with Crippen LogP contribution in [0.1, 0.15) is 11.1 Å². The molecule has 1 aliphatic rings. The second-order valence-electron chi connectivity index (χ2n) is 6.18. The van der Waals surface area contributed by atoms with Crippen molar-refractivity contribution in [1.29, 1.82) is 0 Å². The van der Waals surface area contributed by atoms with Gasteiger partial charge in [-0.15, -0.1) is 13.2 Å². The van der Waals surface area contributed by atoms with Gasteiger partial charge in [0.25, 0.3) is 0 Å². The summed E-state index contributed by atoms with van der Waals surface area (Å²) < 4.78 is 42.6. The molecule has 26 heavy (non-hydrogen) atoms. The van der Waals surface area contributed by atoms with Crippen LogP contribution in [0.4, 0.5) is 19.0 Å². The molecule has 0 aliphatic carbocycles. The lowest BCUT2D eigenvalue weighted by molar-refractivity contribution is -0.274. The maximum absolute atomic E-state index is 12.3. The average Bonchev–Trinajstić information content (AvgIpc) is 3.16. The van der Waals surface area contributed by atoms with E-state index in [-0.39, 0.29) is 5.75 Å². The number of ether oxygens (including phenoxy) is 1. The van der Waals surface area contributed by atoms with Crippen LogP contribution in [0.2, 0.25) is 0 Å².